The summed E-state index contributed by atoms with van der Waals surface area (Å²) in [6, 6.07) is 11.6. The van der Waals surface area contributed by atoms with E-state index in [1.165, 1.54) is 36.1 Å². The number of aromatic hydroxyl groups is 2. The molecule has 5 rings (SSSR count). The number of aliphatic imine (C=N–C) groups is 2. The van der Waals surface area contributed by atoms with E-state index in [1.54, 1.807) is 24.3 Å². The van der Waals surface area contributed by atoms with Crippen molar-refractivity contribution in [2.75, 3.05) is 19.6 Å². The lowest BCUT2D eigenvalue weighted by Crippen LogP contribution is -2.61. The Balaban J connectivity index is 1.51. The number of amides is 7. The van der Waals surface area contributed by atoms with Gasteiger partial charge in [-0.05, 0) is 98.5 Å². The summed E-state index contributed by atoms with van der Waals surface area (Å²) in [5, 5.41) is 34.6. The Morgan fingerprint density at radius 3 is 1.65 bits per heavy atom. The predicted molar refractivity (Wildman–Crippen MR) is 277 cm³/mol. The second-order valence-corrected chi connectivity index (χ2v) is 18.1. The lowest BCUT2D eigenvalue weighted by molar-refractivity contribution is -0.145. The molecular weight excluding hydrogens is 955 g/mol. The highest BCUT2D eigenvalue weighted by Crippen LogP contribution is 2.31. The molecule has 0 bridgehead atoms. The van der Waals surface area contributed by atoms with Crippen molar-refractivity contribution in [3.05, 3.63) is 95.2 Å². The van der Waals surface area contributed by atoms with Crippen LogP contribution in [0.3, 0.4) is 0 Å². The van der Waals surface area contributed by atoms with E-state index >= 15 is 4.79 Å². The maximum absolute atomic E-state index is 15.2. The molecule has 7 amide bonds. The summed E-state index contributed by atoms with van der Waals surface area (Å²) in [5.41, 5.74) is 36.8. The lowest BCUT2D eigenvalue weighted by Gasteiger charge is -2.38. The first kappa shape index (κ1) is 56.5. The number of benzene rings is 3. The molecule has 0 saturated carbocycles. The smallest absolute Gasteiger partial charge is 0.246 e. The van der Waals surface area contributed by atoms with Gasteiger partial charge in [0.1, 0.15) is 47.8 Å². The number of primary amides is 1. The van der Waals surface area contributed by atoms with E-state index in [-0.39, 0.29) is 94.4 Å². The van der Waals surface area contributed by atoms with Crippen molar-refractivity contribution >= 4 is 64.2 Å². The van der Waals surface area contributed by atoms with E-state index in [4.69, 9.17) is 34.4 Å². The Hall–Kier alpha value is -8.41. The number of nitrogens with two attached hydrogens (primary N) is 6. The molecule has 0 aliphatic carbocycles. The van der Waals surface area contributed by atoms with E-state index in [0.29, 0.717) is 36.2 Å². The van der Waals surface area contributed by atoms with Crippen molar-refractivity contribution < 1.29 is 43.8 Å². The Morgan fingerprint density at radius 2 is 1.14 bits per heavy atom. The van der Waals surface area contributed by atoms with Crippen LogP contribution in [0.2, 0.25) is 0 Å². The zero-order chi connectivity index (χ0) is 53.9. The third-order valence-electron chi connectivity index (χ3n) is 12.4. The van der Waals surface area contributed by atoms with Crippen LogP contribution in [0.15, 0.2) is 82.8 Å². The Morgan fingerprint density at radius 1 is 0.635 bits per heavy atom. The van der Waals surface area contributed by atoms with Crippen molar-refractivity contribution in [2.45, 2.75) is 114 Å². The summed E-state index contributed by atoms with van der Waals surface area (Å²) >= 11 is 0. The Kier molecular flexibility index (Phi) is 20.9. The van der Waals surface area contributed by atoms with Crippen LogP contribution in [0.5, 0.6) is 11.5 Å². The van der Waals surface area contributed by atoms with Crippen molar-refractivity contribution in [1.29, 1.82) is 0 Å². The molecule has 2 heterocycles. The fourth-order valence-corrected chi connectivity index (χ4v) is 8.67. The van der Waals surface area contributed by atoms with Gasteiger partial charge in [-0.3, -0.25) is 43.5 Å². The van der Waals surface area contributed by atoms with Crippen LogP contribution in [-0.4, -0.2) is 129 Å². The van der Waals surface area contributed by atoms with Gasteiger partial charge in [0, 0.05) is 55.9 Å². The molecule has 0 fully saturated rings. The van der Waals surface area contributed by atoms with Crippen molar-refractivity contribution in [3.8, 4) is 11.5 Å². The summed E-state index contributed by atoms with van der Waals surface area (Å²) < 4.78 is 0. The summed E-state index contributed by atoms with van der Waals surface area (Å²) in [6.45, 7) is 1.70. The van der Waals surface area contributed by atoms with Gasteiger partial charge in [-0.2, -0.15) is 0 Å². The molecule has 1 aliphatic heterocycles. The van der Waals surface area contributed by atoms with Crippen molar-refractivity contribution in [1.82, 2.24) is 36.5 Å². The van der Waals surface area contributed by atoms with Crippen LogP contribution in [0.25, 0.3) is 10.9 Å². The van der Waals surface area contributed by atoms with Crippen LogP contribution >= 0.6 is 0 Å². The number of aromatic amines is 1. The van der Waals surface area contributed by atoms with Crippen LogP contribution < -0.4 is 61.0 Å². The highest BCUT2D eigenvalue weighted by molar-refractivity contribution is 5.98. The molecule has 6 atom stereocenters. The third kappa shape index (κ3) is 16.9. The number of carbonyl (C=O) groups is 7. The van der Waals surface area contributed by atoms with Crippen LogP contribution in [0.4, 0.5) is 0 Å². The largest absolute Gasteiger partial charge is 0.508 e. The van der Waals surface area contributed by atoms with Gasteiger partial charge in [0.15, 0.2) is 11.9 Å². The van der Waals surface area contributed by atoms with Crippen LogP contribution in [0.1, 0.15) is 74.3 Å². The number of carbonyl (C=O) groups excluding carboxylic acids is 7. The monoisotopic (exact) mass is 1020 g/mol. The number of hydrogen-bond acceptors (Lipinski definition) is 12. The zero-order valence-corrected chi connectivity index (χ0v) is 41.3. The van der Waals surface area contributed by atoms with E-state index in [0.717, 1.165) is 16.5 Å². The van der Waals surface area contributed by atoms with Gasteiger partial charge in [0.05, 0.1) is 6.54 Å². The zero-order valence-electron chi connectivity index (χ0n) is 41.3. The van der Waals surface area contributed by atoms with E-state index in [9.17, 15) is 39.0 Å². The minimum atomic E-state index is -1.45. The molecule has 1 aromatic heterocycles. The number of H-pyrrole nitrogens is 1. The molecule has 0 spiro atoms. The number of aromatic nitrogens is 1. The number of guanidine groups is 2. The van der Waals surface area contributed by atoms with Gasteiger partial charge in [-0.1, -0.05) is 42.5 Å². The van der Waals surface area contributed by atoms with Gasteiger partial charge in [-0.25, -0.2) is 0 Å². The van der Waals surface area contributed by atoms with Gasteiger partial charge in [0.2, 0.25) is 41.4 Å². The minimum Gasteiger partial charge on any atom is -0.508 e. The molecular formula is C50H69N15O9. The van der Waals surface area contributed by atoms with Gasteiger partial charge >= 0.3 is 0 Å². The maximum atomic E-state index is 15.2. The second-order valence-electron chi connectivity index (χ2n) is 18.1. The van der Waals surface area contributed by atoms with E-state index < -0.39 is 77.6 Å². The number of hydrogen-bond donors (Lipinski definition) is 14. The van der Waals surface area contributed by atoms with E-state index in [1.807, 2.05) is 24.3 Å². The average Bonchev–Trinajstić information content (AvgIpc) is 3.73. The number of phenols is 2. The highest BCUT2D eigenvalue weighted by atomic mass is 16.3. The molecule has 20 N–H and O–H groups in total. The summed E-state index contributed by atoms with van der Waals surface area (Å²) in [6.07, 6.45) is 1.48. The Bertz CT molecular complexity index is 2650. The van der Waals surface area contributed by atoms with Gasteiger partial charge in [0.25, 0.3) is 0 Å². The number of unbranched alkanes of at least 4 members (excludes halogenated alkanes) is 1. The lowest BCUT2D eigenvalue weighted by atomic mass is 9.94. The predicted octanol–water partition coefficient (Wildman–Crippen LogP) is -1.52. The first-order valence-electron chi connectivity index (χ1n) is 24.4. The van der Waals surface area contributed by atoms with Crippen molar-refractivity contribution in [2.24, 2.45) is 44.4 Å². The first-order valence-corrected chi connectivity index (χ1v) is 24.4. The normalized spacial score (nSPS) is 14.9. The first-order chi connectivity index (χ1) is 35.3. The molecule has 24 heteroatoms. The number of phenolic OH excluding ortho intramolecular Hbond substituents is 2. The molecule has 24 nitrogen and oxygen atoms in total. The fraction of sp³-hybridized carbons (Fsp3) is 0.420. The number of rotatable bonds is 27. The van der Waals surface area contributed by atoms with Crippen LogP contribution in [0, 0.1) is 0 Å². The van der Waals surface area contributed by atoms with Crippen molar-refractivity contribution in [3.63, 3.8) is 0 Å². The Labute approximate surface area is 427 Å². The second kappa shape index (κ2) is 27.4. The third-order valence-corrected chi connectivity index (χ3v) is 12.4. The fourth-order valence-electron chi connectivity index (χ4n) is 8.67. The highest BCUT2D eigenvalue weighted by Gasteiger charge is 2.41. The summed E-state index contributed by atoms with van der Waals surface area (Å²) in [7, 11) is 0. The minimum absolute atomic E-state index is 0.0343. The topological polar surface area (TPSA) is 420 Å². The van der Waals surface area contributed by atoms with Gasteiger partial charge in [-0.15, -0.1) is 0 Å². The molecule has 3 aromatic carbocycles. The van der Waals surface area contributed by atoms with Gasteiger partial charge < -0.3 is 81.1 Å². The van der Waals surface area contributed by atoms with E-state index in [2.05, 4.69) is 41.6 Å². The molecule has 74 heavy (non-hydrogen) atoms. The number of nitrogens with one attached hydrogen (secondary N) is 6. The SMILES string of the molecule is CC(=O)N[C@@H](CCCN=C(N)N)C(=O)N[C@@H](Cc1ccc(O)cc1)C(=O)N[C@@H](Cc1ccc(O)cc1)C(=O)N[C@@H](CCCN=C(N)N)C(=O)N1Cc2[nH]c3ccccc3c2C[C@@H]1C(=O)N[C@@H](CCCCN)C(N)=O. The molecule has 0 unspecified atom stereocenters. The maximum Gasteiger partial charge on any atom is 0.246 e. The molecule has 398 valence electrons. The summed E-state index contributed by atoms with van der Waals surface area (Å²) in [4.78, 5) is 111. The molecule has 4 aromatic rings. The quantitative estimate of drug-likeness (QED) is 0.0183. The molecule has 1 aliphatic rings. The summed E-state index contributed by atoms with van der Waals surface area (Å²) in [5.74, 6) is -5.49. The van der Waals surface area contributed by atoms with Crippen LogP contribution in [-0.2, 0) is 59.4 Å². The number of fused-ring (bicyclic) bond motifs is 3. The standard InChI is InChI=1S/C50H69N15O9/c1-28(66)59-37(11-6-22-57-49(53)54)44(70)63-40(25-30-15-19-32(68)20-16-30)46(72)64-39(24-29-13-17-31(67)18-14-29)45(71)62-38(12-7-23-58-50(55)56)48(74)65-27-41-34(33-8-2-3-9-35(33)60-41)26-42(65)47(73)61-36(43(52)69)10-4-5-21-51/h2-3,8-9,13-20,36-40,42,60,67-68H,4-7,10-12,21-27,51H2,1H3,(H2,52,69)(H,59,66)(H,61,73)(H,62,71)(H,63,70)(H,64,72)(H4,53,54,57)(H4,55,56,58)/t36-,37-,38-,39-,40-,42+/m0/s1. The molecule has 0 saturated heterocycles. The molecule has 0 radical (unpaired) electrons. The number of nitrogens with zero attached hydrogens (tertiary/aromatic N) is 3. The number of para-hydroxylation sites is 1. The average molecular weight is 1020 g/mol.